The van der Waals surface area contributed by atoms with E-state index in [-0.39, 0.29) is 101 Å². The van der Waals surface area contributed by atoms with Gasteiger partial charge in [0.05, 0.1) is 77.9 Å². The Morgan fingerprint density at radius 3 is 1.85 bits per heavy atom. The Kier molecular flexibility index (Phi) is 40.8. The number of hydrogen-bond acceptors (Lipinski definition) is 21. The molecule has 4 atom stereocenters. The monoisotopic (exact) mass is 1080 g/mol. The van der Waals surface area contributed by atoms with Gasteiger partial charge < -0.3 is 84.8 Å². The predicted octanol–water partition coefficient (Wildman–Crippen LogP) is -0.457. The van der Waals surface area contributed by atoms with Crippen molar-refractivity contribution in [1.82, 2.24) is 20.9 Å². The Labute approximate surface area is 436 Å². The molecule has 0 aromatic heterocycles. The van der Waals surface area contributed by atoms with E-state index in [1.54, 1.807) is 6.07 Å². The van der Waals surface area contributed by atoms with E-state index < -0.39 is 66.7 Å². The van der Waals surface area contributed by atoms with Gasteiger partial charge in [-0.1, -0.05) is 33.8 Å². The summed E-state index contributed by atoms with van der Waals surface area (Å²) in [6, 6.07) is 4.64. The van der Waals surface area contributed by atoms with Gasteiger partial charge in [0.1, 0.15) is 31.2 Å². The van der Waals surface area contributed by atoms with Crippen LogP contribution in [0.3, 0.4) is 0 Å². The standard InChI is InChI=1S/C25H37N3O12S.C18H29N3O8.2C2H6/c1-15(30)38-13-16-2-3-19(39-24-11-18(31)25(35)20(12-29)40-24)17(10-16)28-22(33)4-6-26-23(34)14-37-8-7-27-21(32)5-9-41-36;19-15(22)4-7-26-9-11-28-13-14-29-12-10-27-8-5-20-16(23)3-6-21-17(24)1-2-18(21)25;2*1-2/h2-3,10,18,20,24-25,29,31,35-36H,4-9,11-14H2,1H3,(H,26,34)(H,27,32)(H,28,33);1-2H,3-14H2,(H2,19,22)(H,20,23);2*1-2H3. The number of carbonyl (C=O) groups excluding carboxylic acids is 8. The fourth-order valence-corrected chi connectivity index (χ4v) is 6.00. The number of aliphatic hydroxyl groups excluding tert-OH is 3. The number of ether oxygens (including phenoxy) is 8. The van der Waals surface area contributed by atoms with Crippen LogP contribution in [0, 0.1) is 0 Å². The van der Waals surface area contributed by atoms with Crippen LogP contribution in [0.15, 0.2) is 30.4 Å². The molecule has 0 aliphatic carbocycles. The molecule has 26 nitrogen and oxygen atoms in total. The number of esters is 1. The van der Waals surface area contributed by atoms with Crippen LogP contribution in [-0.2, 0) is 78.1 Å². The van der Waals surface area contributed by atoms with Crippen LogP contribution in [0.2, 0.25) is 0 Å². The van der Waals surface area contributed by atoms with Gasteiger partial charge in [-0.3, -0.25) is 43.3 Å². The molecule has 4 unspecified atom stereocenters. The summed E-state index contributed by atoms with van der Waals surface area (Å²) in [5, 5.41) is 39.8. The molecular formula is C47H78N6O20S. The summed E-state index contributed by atoms with van der Waals surface area (Å²) in [6.07, 6.45) is -1.98. The molecule has 1 fully saturated rings. The highest BCUT2D eigenvalue weighted by atomic mass is 32.2. The number of carbonyl (C=O) groups is 8. The van der Waals surface area contributed by atoms with E-state index in [1.165, 1.54) is 31.2 Å². The molecule has 0 spiro atoms. The van der Waals surface area contributed by atoms with Crippen LogP contribution >= 0.6 is 12.0 Å². The van der Waals surface area contributed by atoms with Gasteiger partial charge in [-0.25, -0.2) is 0 Å². The molecule has 3 rings (SSSR count). The Morgan fingerprint density at radius 1 is 0.730 bits per heavy atom. The fourth-order valence-electron chi connectivity index (χ4n) is 5.72. The van der Waals surface area contributed by atoms with Gasteiger partial charge in [-0.15, -0.1) is 0 Å². The Bertz CT molecular complexity index is 1810. The average molecular weight is 1080 g/mol. The number of imide groups is 1. The van der Waals surface area contributed by atoms with E-state index in [0.717, 1.165) is 4.90 Å². The van der Waals surface area contributed by atoms with Crippen molar-refractivity contribution in [2.24, 2.45) is 5.73 Å². The lowest BCUT2D eigenvalue weighted by Crippen LogP contribution is -2.51. The van der Waals surface area contributed by atoms with E-state index in [1.807, 2.05) is 27.7 Å². The molecule has 0 bridgehead atoms. The SMILES string of the molecule is CC.CC.CC(=O)OCc1ccc(OC2CC(O)C(O)C(CO)O2)c(NC(=O)CCNC(=O)COCCNC(=O)CCSO)c1.NC(=O)CCOCCOCCOCCOCCNC(=O)CCN1C(=O)C=CC1=O. The summed E-state index contributed by atoms with van der Waals surface area (Å²) in [5.74, 6) is -2.66. The third-order valence-corrected chi connectivity index (χ3v) is 9.66. The quantitative estimate of drug-likeness (QED) is 0.0180. The van der Waals surface area contributed by atoms with Crippen LogP contribution in [0.25, 0.3) is 0 Å². The molecule has 2 heterocycles. The Morgan fingerprint density at radius 2 is 1.28 bits per heavy atom. The molecular weight excluding hydrogens is 1000 g/mol. The number of aliphatic hydroxyl groups is 3. The number of nitrogens with one attached hydrogen (secondary N) is 4. The molecule has 2 aliphatic rings. The largest absolute Gasteiger partial charge is 0.463 e. The summed E-state index contributed by atoms with van der Waals surface area (Å²) in [7, 11) is 0. The smallest absolute Gasteiger partial charge is 0.302 e. The number of nitrogens with zero attached hydrogens (tertiary/aromatic N) is 1. The number of hydrogen-bond donors (Lipinski definition) is 9. The normalized spacial score (nSPS) is 16.5. The summed E-state index contributed by atoms with van der Waals surface area (Å²) in [6.45, 7) is 12.2. The molecule has 2 aliphatic heterocycles. The zero-order chi connectivity index (χ0) is 55.5. The highest BCUT2D eigenvalue weighted by Crippen LogP contribution is 2.31. The molecule has 1 aromatic rings. The molecule has 1 saturated heterocycles. The van der Waals surface area contributed by atoms with Crippen molar-refractivity contribution < 1.29 is 96.1 Å². The van der Waals surface area contributed by atoms with Crippen molar-refractivity contribution in [3.8, 4) is 5.75 Å². The van der Waals surface area contributed by atoms with Gasteiger partial charge in [0.2, 0.25) is 35.8 Å². The number of benzene rings is 1. The van der Waals surface area contributed by atoms with E-state index in [9.17, 15) is 53.7 Å². The van der Waals surface area contributed by atoms with Crippen molar-refractivity contribution >= 4 is 65.0 Å². The topological polar surface area (TPSA) is 369 Å². The lowest BCUT2D eigenvalue weighted by Gasteiger charge is -2.36. The lowest BCUT2D eigenvalue weighted by atomic mass is 10.0. The number of anilines is 1. The molecule has 1 aromatic carbocycles. The Balaban J connectivity index is 0.00000142. The molecule has 0 radical (unpaired) electrons. The summed E-state index contributed by atoms with van der Waals surface area (Å²) < 4.78 is 51.2. The summed E-state index contributed by atoms with van der Waals surface area (Å²) in [4.78, 5) is 93.0. The highest BCUT2D eigenvalue weighted by Gasteiger charge is 2.37. The maximum absolute atomic E-state index is 12.6. The van der Waals surface area contributed by atoms with Gasteiger partial charge in [0, 0.05) is 83.1 Å². The third-order valence-electron chi connectivity index (χ3n) is 9.27. The predicted molar refractivity (Wildman–Crippen MR) is 268 cm³/mol. The number of amides is 7. The molecule has 0 saturated carbocycles. The van der Waals surface area contributed by atoms with Crippen LogP contribution in [0.1, 0.15) is 72.3 Å². The minimum absolute atomic E-state index is 0.000908. The average Bonchev–Trinajstić information content (AvgIpc) is 3.71. The van der Waals surface area contributed by atoms with Gasteiger partial charge in [0.25, 0.3) is 11.8 Å². The third kappa shape index (κ3) is 33.5. The van der Waals surface area contributed by atoms with Crippen LogP contribution in [-0.4, -0.2) is 201 Å². The first-order valence-electron chi connectivity index (χ1n) is 24.3. The zero-order valence-corrected chi connectivity index (χ0v) is 43.8. The lowest BCUT2D eigenvalue weighted by molar-refractivity contribution is -0.229. The minimum Gasteiger partial charge on any atom is -0.463 e. The van der Waals surface area contributed by atoms with Crippen LogP contribution in [0.4, 0.5) is 5.69 Å². The fraction of sp³-hybridized carbons (Fsp3) is 0.660. The van der Waals surface area contributed by atoms with Gasteiger partial charge in [0.15, 0.2) is 0 Å². The van der Waals surface area contributed by atoms with E-state index in [2.05, 4.69) is 21.3 Å². The van der Waals surface area contributed by atoms with Gasteiger partial charge in [-0.05, 0) is 29.7 Å². The summed E-state index contributed by atoms with van der Waals surface area (Å²) in [5.41, 5.74) is 5.73. The molecule has 7 amide bonds. The second-order valence-electron chi connectivity index (χ2n) is 14.9. The van der Waals surface area contributed by atoms with Crippen LogP contribution in [0.5, 0.6) is 5.75 Å². The van der Waals surface area contributed by atoms with Crippen LogP contribution < -0.4 is 31.7 Å². The summed E-state index contributed by atoms with van der Waals surface area (Å²) >= 11 is 0.575. The molecule has 10 N–H and O–H groups in total. The van der Waals surface area contributed by atoms with E-state index in [0.29, 0.717) is 77.0 Å². The first kappa shape index (κ1) is 68.7. The number of nitrogens with two attached hydrogens (primary N) is 1. The second-order valence-corrected chi connectivity index (χ2v) is 15.5. The second kappa shape index (κ2) is 44.0. The Hall–Kier alpha value is -5.33. The highest BCUT2D eigenvalue weighted by molar-refractivity contribution is 7.93. The van der Waals surface area contributed by atoms with Crippen molar-refractivity contribution in [3.63, 3.8) is 0 Å². The first-order chi connectivity index (χ1) is 35.6. The van der Waals surface area contributed by atoms with Gasteiger partial charge >= 0.3 is 5.97 Å². The molecule has 27 heteroatoms. The first-order valence-corrected chi connectivity index (χ1v) is 25.2. The number of primary amides is 1. The van der Waals surface area contributed by atoms with Crippen molar-refractivity contribution in [3.05, 3.63) is 35.9 Å². The maximum atomic E-state index is 12.6. The van der Waals surface area contributed by atoms with Crippen molar-refractivity contribution in [1.29, 1.82) is 0 Å². The number of rotatable bonds is 35. The zero-order valence-electron chi connectivity index (χ0n) is 43.0. The van der Waals surface area contributed by atoms with E-state index in [4.69, 9.17) is 48.2 Å². The molecule has 74 heavy (non-hydrogen) atoms. The molecule has 422 valence electrons. The minimum atomic E-state index is -1.28. The van der Waals surface area contributed by atoms with Gasteiger partial charge in [-0.2, -0.15) is 0 Å². The van der Waals surface area contributed by atoms with E-state index >= 15 is 0 Å². The maximum Gasteiger partial charge on any atom is 0.302 e. The van der Waals surface area contributed by atoms with Crippen molar-refractivity contribution in [2.45, 2.75) is 97.9 Å². The van der Waals surface area contributed by atoms with Crippen molar-refractivity contribution in [2.75, 3.05) is 110 Å².